The van der Waals surface area contributed by atoms with Crippen molar-refractivity contribution in [2.24, 2.45) is 4.99 Å². The molecule has 0 aromatic rings. The number of rotatable bonds is 3. The van der Waals surface area contributed by atoms with Gasteiger partial charge in [0.15, 0.2) is 0 Å². The van der Waals surface area contributed by atoms with Gasteiger partial charge in [0, 0.05) is 7.05 Å². The molecule has 0 bridgehead atoms. The number of hydrogen-bond acceptors (Lipinski definition) is 2. The Kier molecular flexibility index (Phi) is 3.84. The number of nitrogens with zero attached hydrogens (tertiary/aromatic N) is 2. The largest absolute Gasteiger partial charge is 0.347 e. The Bertz CT molecular complexity index is 87.7. The van der Waals surface area contributed by atoms with Crippen molar-refractivity contribution in [2.75, 3.05) is 13.7 Å². The summed E-state index contributed by atoms with van der Waals surface area (Å²) in [7, 11) is 1.81. The monoisotopic (exact) mass is 113 g/mol. The maximum Gasteiger partial charge on any atom is 0.110 e. The minimum Gasteiger partial charge on any atom is -0.347 e. The van der Waals surface area contributed by atoms with E-state index in [2.05, 4.69) is 4.99 Å². The lowest BCUT2D eigenvalue weighted by molar-refractivity contribution is 0.537. The Morgan fingerprint density at radius 3 is 2.75 bits per heavy atom. The van der Waals surface area contributed by atoms with Crippen LogP contribution in [-0.2, 0) is 0 Å². The molecular formula is C5H11N3. The summed E-state index contributed by atoms with van der Waals surface area (Å²) in [6.45, 7) is 2.44. The fourth-order valence-electron chi connectivity index (χ4n) is 0.251. The second-order valence-corrected chi connectivity index (χ2v) is 1.47. The molecular weight excluding hydrogens is 102 g/mol. The van der Waals surface area contributed by atoms with Gasteiger partial charge < -0.3 is 4.90 Å². The smallest absolute Gasteiger partial charge is 0.110 e. The maximum atomic E-state index is 6.71. The van der Waals surface area contributed by atoms with Crippen LogP contribution in [0.1, 0.15) is 6.92 Å². The molecule has 0 saturated heterocycles. The minimum absolute atomic E-state index is 0.583. The van der Waals surface area contributed by atoms with Gasteiger partial charge in [0.1, 0.15) is 6.67 Å². The molecule has 0 aliphatic carbocycles. The standard InChI is InChI=1S/C5H11N3/c1-3-7-5-8(2)4-6/h3-4,6H,5H2,1-2H3/b6-4?,7-3-. The average Bonchev–Trinajstić information content (AvgIpc) is 1.83. The Morgan fingerprint density at radius 2 is 2.38 bits per heavy atom. The van der Waals surface area contributed by atoms with Crippen molar-refractivity contribution in [1.29, 1.82) is 5.41 Å². The van der Waals surface area contributed by atoms with Gasteiger partial charge in [0.05, 0.1) is 6.34 Å². The molecule has 0 radical (unpaired) electrons. The van der Waals surface area contributed by atoms with Crippen LogP contribution in [0.15, 0.2) is 4.99 Å². The molecule has 0 atom stereocenters. The van der Waals surface area contributed by atoms with E-state index < -0.39 is 0 Å². The molecule has 3 nitrogen and oxygen atoms in total. The van der Waals surface area contributed by atoms with E-state index in [1.807, 2.05) is 6.92 Å². The summed E-state index contributed by atoms with van der Waals surface area (Å²) in [5.41, 5.74) is 0. The summed E-state index contributed by atoms with van der Waals surface area (Å²) in [4.78, 5) is 5.57. The first-order valence-corrected chi connectivity index (χ1v) is 2.46. The van der Waals surface area contributed by atoms with Crippen LogP contribution >= 0.6 is 0 Å². The van der Waals surface area contributed by atoms with Gasteiger partial charge in [-0.1, -0.05) is 0 Å². The van der Waals surface area contributed by atoms with Gasteiger partial charge in [-0.05, 0) is 13.1 Å². The van der Waals surface area contributed by atoms with Crippen LogP contribution in [0.5, 0.6) is 0 Å². The van der Waals surface area contributed by atoms with E-state index in [0.29, 0.717) is 6.67 Å². The molecule has 0 aliphatic rings. The van der Waals surface area contributed by atoms with Crippen molar-refractivity contribution in [3.8, 4) is 0 Å². The molecule has 1 N–H and O–H groups in total. The van der Waals surface area contributed by atoms with Crippen molar-refractivity contribution in [3.05, 3.63) is 0 Å². The molecule has 0 aliphatic heterocycles. The lowest BCUT2D eigenvalue weighted by Crippen LogP contribution is -2.14. The van der Waals surface area contributed by atoms with E-state index >= 15 is 0 Å². The second kappa shape index (κ2) is 4.30. The third kappa shape index (κ3) is 3.33. The average molecular weight is 113 g/mol. The van der Waals surface area contributed by atoms with Crippen LogP contribution < -0.4 is 0 Å². The van der Waals surface area contributed by atoms with Crippen LogP contribution in [0, 0.1) is 5.41 Å². The van der Waals surface area contributed by atoms with Crippen molar-refractivity contribution < 1.29 is 0 Å². The van der Waals surface area contributed by atoms with Gasteiger partial charge in [0.25, 0.3) is 0 Å². The first-order chi connectivity index (χ1) is 3.81. The summed E-state index contributed by atoms with van der Waals surface area (Å²) < 4.78 is 0. The fourth-order valence-corrected chi connectivity index (χ4v) is 0.251. The summed E-state index contributed by atoms with van der Waals surface area (Å²) in [5.74, 6) is 0. The molecule has 0 spiro atoms. The Labute approximate surface area is 49.5 Å². The predicted octanol–water partition coefficient (Wildman–Crippen LogP) is 0.573. The molecule has 8 heavy (non-hydrogen) atoms. The van der Waals surface area contributed by atoms with Crippen LogP contribution in [0.2, 0.25) is 0 Å². The first kappa shape index (κ1) is 7.14. The first-order valence-electron chi connectivity index (χ1n) is 2.46. The summed E-state index contributed by atoms with van der Waals surface area (Å²) >= 11 is 0. The molecule has 0 saturated carbocycles. The lowest BCUT2D eigenvalue weighted by Gasteiger charge is -2.05. The lowest BCUT2D eigenvalue weighted by atomic mass is 10.8. The zero-order valence-electron chi connectivity index (χ0n) is 5.26. The molecule has 0 heterocycles. The molecule has 0 rings (SSSR count). The molecule has 0 unspecified atom stereocenters. The normalized spacial score (nSPS) is 9.75. The topological polar surface area (TPSA) is 39.5 Å². The third-order valence-electron chi connectivity index (χ3n) is 0.708. The van der Waals surface area contributed by atoms with Crippen LogP contribution in [0.25, 0.3) is 0 Å². The zero-order valence-corrected chi connectivity index (χ0v) is 5.26. The Balaban J connectivity index is 3.23. The summed E-state index contributed by atoms with van der Waals surface area (Å²) in [6.07, 6.45) is 2.97. The van der Waals surface area contributed by atoms with Gasteiger partial charge in [-0.15, -0.1) is 0 Å². The predicted molar refractivity (Wildman–Crippen MR) is 35.6 cm³/mol. The molecule has 3 heteroatoms. The third-order valence-corrected chi connectivity index (χ3v) is 0.708. The van der Waals surface area contributed by atoms with E-state index in [-0.39, 0.29) is 0 Å². The van der Waals surface area contributed by atoms with E-state index in [1.54, 1.807) is 18.2 Å². The fraction of sp³-hybridized carbons (Fsp3) is 0.600. The minimum atomic E-state index is 0.583. The Hall–Kier alpha value is -0.860. The van der Waals surface area contributed by atoms with Crippen molar-refractivity contribution in [1.82, 2.24) is 4.90 Å². The quantitative estimate of drug-likeness (QED) is 0.422. The van der Waals surface area contributed by atoms with E-state index in [9.17, 15) is 0 Å². The zero-order chi connectivity index (χ0) is 6.41. The van der Waals surface area contributed by atoms with Gasteiger partial charge in [-0.2, -0.15) is 0 Å². The maximum absolute atomic E-state index is 6.71. The summed E-state index contributed by atoms with van der Waals surface area (Å²) in [6, 6.07) is 0. The van der Waals surface area contributed by atoms with Crippen molar-refractivity contribution in [2.45, 2.75) is 6.92 Å². The SMILES string of the molecule is C/C=N\CN(C)C=N. The van der Waals surface area contributed by atoms with E-state index in [4.69, 9.17) is 5.41 Å². The highest BCUT2D eigenvalue weighted by molar-refractivity contribution is 5.54. The Morgan fingerprint density at radius 1 is 1.75 bits per heavy atom. The van der Waals surface area contributed by atoms with Crippen molar-refractivity contribution in [3.63, 3.8) is 0 Å². The van der Waals surface area contributed by atoms with E-state index in [1.165, 1.54) is 6.34 Å². The van der Waals surface area contributed by atoms with Crippen LogP contribution in [0.3, 0.4) is 0 Å². The van der Waals surface area contributed by atoms with Gasteiger partial charge in [-0.25, -0.2) is 0 Å². The van der Waals surface area contributed by atoms with E-state index in [0.717, 1.165) is 0 Å². The van der Waals surface area contributed by atoms with Gasteiger partial charge in [-0.3, -0.25) is 10.4 Å². The molecule has 0 fully saturated rings. The molecule has 0 aromatic carbocycles. The highest BCUT2D eigenvalue weighted by Gasteiger charge is 1.80. The highest BCUT2D eigenvalue weighted by Crippen LogP contribution is 1.73. The van der Waals surface area contributed by atoms with Crippen molar-refractivity contribution >= 4 is 12.6 Å². The molecule has 0 amide bonds. The van der Waals surface area contributed by atoms with Gasteiger partial charge >= 0.3 is 0 Å². The molecule has 0 aromatic heterocycles. The second-order valence-electron chi connectivity index (χ2n) is 1.47. The number of hydrogen-bond donors (Lipinski definition) is 1. The van der Waals surface area contributed by atoms with Crippen LogP contribution in [0.4, 0.5) is 0 Å². The number of aliphatic imine (C=N–C) groups is 1. The van der Waals surface area contributed by atoms with Crippen LogP contribution in [-0.4, -0.2) is 31.2 Å². The highest BCUT2D eigenvalue weighted by atomic mass is 15.2. The van der Waals surface area contributed by atoms with Gasteiger partial charge in [0.2, 0.25) is 0 Å². The molecule has 46 valence electrons. The summed E-state index contributed by atoms with van der Waals surface area (Å²) in [5, 5.41) is 6.71. The number of nitrogens with one attached hydrogen (secondary N) is 1.